The third-order valence-electron chi connectivity index (χ3n) is 3.43. The Morgan fingerprint density at radius 3 is 2.56 bits per heavy atom. The third-order valence-corrected chi connectivity index (χ3v) is 3.43. The maximum atomic E-state index is 12.0. The Bertz CT molecular complexity index is 415. The molecule has 0 bridgehead atoms. The van der Waals surface area contributed by atoms with Crippen molar-refractivity contribution >= 4 is 5.91 Å². The van der Waals surface area contributed by atoms with E-state index >= 15 is 0 Å². The second kappa shape index (κ2) is 6.55. The van der Waals surface area contributed by atoms with Gasteiger partial charge in [-0.2, -0.15) is 0 Å². The lowest BCUT2D eigenvalue weighted by atomic mass is 9.98. The Balaban J connectivity index is 2.73. The molecule has 1 amide bonds. The van der Waals surface area contributed by atoms with Crippen molar-refractivity contribution in [2.45, 2.75) is 33.7 Å². The molecule has 0 saturated carbocycles. The molecule has 0 aliphatic heterocycles. The number of benzene rings is 1. The molecule has 2 N–H and O–H groups in total. The predicted octanol–water partition coefficient (Wildman–Crippen LogP) is 2.34. The molecule has 0 saturated heterocycles. The number of carbonyl (C=O) groups excluding carboxylic acids is 1. The van der Waals surface area contributed by atoms with Gasteiger partial charge in [-0.1, -0.05) is 25.1 Å². The lowest BCUT2D eigenvalue weighted by Crippen LogP contribution is -2.36. The zero-order valence-electron chi connectivity index (χ0n) is 12.0. The van der Waals surface area contributed by atoms with Crippen molar-refractivity contribution in [3.8, 4) is 0 Å². The van der Waals surface area contributed by atoms with Gasteiger partial charge in [0.25, 0.3) is 0 Å². The molecule has 2 atom stereocenters. The Hall–Kier alpha value is -1.35. The molecule has 0 spiro atoms. The fourth-order valence-electron chi connectivity index (χ4n) is 2.08. The average Bonchev–Trinajstić information content (AvgIpc) is 2.32. The summed E-state index contributed by atoms with van der Waals surface area (Å²) in [5.74, 6) is 0.0836. The van der Waals surface area contributed by atoms with Crippen LogP contribution in [0.15, 0.2) is 18.2 Å². The van der Waals surface area contributed by atoms with Crippen molar-refractivity contribution < 1.29 is 4.79 Å². The Morgan fingerprint density at radius 1 is 1.28 bits per heavy atom. The van der Waals surface area contributed by atoms with E-state index in [2.05, 4.69) is 36.6 Å². The van der Waals surface area contributed by atoms with E-state index in [1.807, 2.05) is 27.0 Å². The molecule has 2 unspecified atom stereocenters. The number of aryl methyl sites for hydroxylation is 1. The molecule has 0 fully saturated rings. The summed E-state index contributed by atoms with van der Waals surface area (Å²) >= 11 is 0. The summed E-state index contributed by atoms with van der Waals surface area (Å²) in [5.41, 5.74) is 3.71. The number of rotatable bonds is 5. The summed E-state index contributed by atoms with van der Waals surface area (Å²) in [7, 11) is 1.86. The summed E-state index contributed by atoms with van der Waals surface area (Å²) in [5, 5.41) is 6.09. The monoisotopic (exact) mass is 248 g/mol. The number of amides is 1. The Labute approximate surface area is 110 Å². The van der Waals surface area contributed by atoms with E-state index in [1.165, 1.54) is 16.7 Å². The molecule has 18 heavy (non-hydrogen) atoms. The van der Waals surface area contributed by atoms with Crippen LogP contribution in [0.5, 0.6) is 0 Å². The molecule has 0 aliphatic rings. The molecule has 1 aromatic carbocycles. The van der Waals surface area contributed by atoms with Crippen LogP contribution in [0.3, 0.4) is 0 Å². The van der Waals surface area contributed by atoms with E-state index in [4.69, 9.17) is 0 Å². The second-order valence-corrected chi connectivity index (χ2v) is 4.98. The van der Waals surface area contributed by atoms with Gasteiger partial charge < -0.3 is 10.6 Å². The third kappa shape index (κ3) is 3.57. The molecule has 100 valence electrons. The van der Waals surface area contributed by atoms with Crippen LogP contribution in [0.1, 0.15) is 36.6 Å². The molecule has 0 heterocycles. The minimum absolute atomic E-state index is 0.0115. The molecule has 0 radical (unpaired) electrons. The molecular formula is C15H24N2O. The summed E-state index contributed by atoms with van der Waals surface area (Å²) in [6.45, 7) is 8.86. The molecule has 3 nitrogen and oxygen atoms in total. The van der Waals surface area contributed by atoms with Gasteiger partial charge in [-0.25, -0.2) is 0 Å². The van der Waals surface area contributed by atoms with E-state index in [-0.39, 0.29) is 17.9 Å². The first kappa shape index (κ1) is 14.7. The number of hydrogen-bond acceptors (Lipinski definition) is 2. The smallest absolute Gasteiger partial charge is 0.224 e. The van der Waals surface area contributed by atoms with Crippen molar-refractivity contribution in [3.63, 3.8) is 0 Å². The van der Waals surface area contributed by atoms with Crippen molar-refractivity contribution in [2.75, 3.05) is 13.6 Å². The summed E-state index contributed by atoms with van der Waals surface area (Å²) in [6, 6.07) is 6.27. The molecule has 0 aliphatic carbocycles. The van der Waals surface area contributed by atoms with Crippen LogP contribution in [0, 0.1) is 19.8 Å². The Morgan fingerprint density at radius 2 is 1.94 bits per heavy atom. The van der Waals surface area contributed by atoms with E-state index in [0.717, 1.165) is 0 Å². The van der Waals surface area contributed by atoms with Crippen LogP contribution in [0.25, 0.3) is 0 Å². The fraction of sp³-hybridized carbons (Fsp3) is 0.533. The quantitative estimate of drug-likeness (QED) is 0.839. The topological polar surface area (TPSA) is 41.1 Å². The minimum atomic E-state index is -0.0115. The zero-order chi connectivity index (χ0) is 13.7. The van der Waals surface area contributed by atoms with Gasteiger partial charge >= 0.3 is 0 Å². The van der Waals surface area contributed by atoms with Crippen LogP contribution in [-0.4, -0.2) is 19.5 Å². The van der Waals surface area contributed by atoms with Gasteiger partial charge in [0.05, 0.1) is 6.04 Å². The highest BCUT2D eigenvalue weighted by molar-refractivity contribution is 5.79. The van der Waals surface area contributed by atoms with Crippen molar-refractivity contribution in [2.24, 2.45) is 5.92 Å². The van der Waals surface area contributed by atoms with Gasteiger partial charge in [0.15, 0.2) is 0 Å². The summed E-state index contributed by atoms with van der Waals surface area (Å²) in [4.78, 5) is 12.0. The SMILES string of the molecule is CNCC(C)C(=O)NC(C)c1cccc(C)c1C. The van der Waals surface area contributed by atoms with Gasteiger partial charge in [0.1, 0.15) is 0 Å². The number of hydrogen-bond donors (Lipinski definition) is 2. The van der Waals surface area contributed by atoms with Crippen LogP contribution in [-0.2, 0) is 4.79 Å². The van der Waals surface area contributed by atoms with Gasteiger partial charge in [-0.3, -0.25) is 4.79 Å². The van der Waals surface area contributed by atoms with Crippen LogP contribution < -0.4 is 10.6 Å². The first-order valence-electron chi connectivity index (χ1n) is 6.48. The van der Waals surface area contributed by atoms with Gasteiger partial charge in [-0.05, 0) is 44.5 Å². The second-order valence-electron chi connectivity index (χ2n) is 4.98. The molecule has 1 rings (SSSR count). The fourth-order valence-corrected chi connectivity index (χ4v) is 2.08. The summed E-state index contributed by atoms with van der Waals surface area (Å²) in [6.07, 6.45) is 0. The predicted molar refractivity (Wildman–Crippen MR) is 75.6 cm³/mol. The highest BCUT2D eigenvalue weighted by Crippen LogP contribution is 2.20. The zero-order valence-corrected chi connectivity index (χ0v) is 12.0. The largest absolute Gasteiger partial charge is 0.349 e. The maximum absolute atomic E-state index is 12.0. The van der Waals surface area contributed by atoms with Crippen molar-refractivity contribution in [1.82, 2.24) is 10.6 Å². The number of carbonyl (C=O) groups is 1. The molecule has 1 aromatic rings. The first-order valence-corrected chi connectivity index (χ1v) is 6.48. The number of nitrogens with one attached hydrogen (secondary N) is 2. The standard InChI is InChI=1S/C15H24N2O/c1-10-7-6-8-14(12(10)3)13(4)17-15(18)11(2)9-16-5/h6-8,11,13,16H,9H2,1-5H3,(H,17,18). The lowest BCUT2D eigenvalue weighted by molar-refractivity contribution is -0.125. The van der Waals surface area contributed by atoms with Crippen molar-refractivity contribution in [3.05, 3.63) is 34.9 Å². The highest BCUT2D eigenvalue weighted by atomic mass is 16.1. The molecular weight excluding hydrogens is 224 g/mol. The average molecular weight is 248 g/mol. The van der Waals surface area contributed by atoms with Gasteiger partial charge in [0, 0.05) is 12.5 Å². The van der Waals surface area contributed by atoms with E-state index in [1.54, 1.807) is 0 Å². The van der Waals surface area contributed by atoms with E-state index in [9.17, 15) is 4.79 Å². The Kier molecular flexibility index (Phi) is 5.35. The van der Waals surface area contributed by atoms with Crippen LogP contribution >= 0.6 is 0 Å². The van der Waals surface area contributed by atoms with Crippen LogP contribution in [0.4, 0.5) is 0 Å². The van der Waals surface area contributed by atoms with Gasteiger partial charge in [0.2, 0.25) is 5.91 Å². The molecule has 3 heteroatoms. The molecule has 0 aromatic heterocycles. The normalized spacial score (nSPS) is 14.1. The first-order chi connectivity index (χ1) is 8.47. The minimum Gasteiger partial charge on any atom is -0.349 e. The summed E-state index contributed by atoms with van der Waals surface area (Å²) < 4.78 is 0. The van der Waals surface area contributed by atoms with Crippen molar-refractivity contribution in [1.29, 1.82) is 0 Å². The van der Waals surface area contributed by atoms with E-state index in [0.29, 0.717) is 6.54 Å². The van der Waals surface area contributed by atoms with Gasteiger partial charge in [-0.15, -0.1) is 0 Å². The lowest BCUT2D eigenvalue weighted by Gasteiger charge is -2.20. The highest BCUT2D eigenvalue weighted by Gasteiger charge is 2.16. The van der Waals surface area contributed by atoms with E-state index < -0.39 is 0 Å². The van der Waals surface area contributed by atoms with Crippen LogP contribution in [0.2, 0.25) is 0 Å². The maximum Gasteiger partial charge on any atom is 0.224 e.